The molecule has 0 radical (unpaired) electrons. The molecule has 4 aromatic rings. The Kier molecular flexibility index (Phi) is 6.75. The highest BCUT2D eigenvalue weighted by Gasteiger charge is 2.20. The third kappa shape index (κ3) is 5.39. The van der Waals surface area contributed by atoms with Gasteiger partial charge in [0.1, 0.15) is 22.2 Å². The second-order valence-corrected chi connectivity index (χ2v) is 9.14. The Hall–Kier alpha value is -3.40. The summed E-state index contributed by atoms with van der Waals surface area (Å²) in [5, 5.41) is 6.31. The molecule has 1 aliphatic heterocycles. The predicted molar refractivity (Wildman–Crippen MR) is 135 cm³/mol. The zero-order chi connectivity index (χ0) is 23.3. The minimum absolute atomic E-state index is 0.119. The van der Waals surface area contributed by atoms with Crippen LogP contribution in [0, 0.1) is 0 Å². The van der Waals surface area contributed by atoms with Crippen LogP contribution in [0.2, 0.25) is 5.02 Å². The van der Waals surface area contributed by atoms with Crippen molar-refractivity contribution >= 4 is 40.4 Å². The van der Waals surface area contributed by atoms with Crippen LogP contribution in [-0.4, -0.2) is 63.5 Å². The molecule has 4 heterocycles. The summed E-state index contributed by atoms with van der Waals surface area (Å²) in [6.45, 7) is 3.53. The average Bonchev–Trinajstić information content (AvgIpc) is 3.40. The lowest BCUT2D eigenvalue weighted by molar-refractivity contribution is -0.117. The molecule has 0 spiro atoms. The summed E-state index contributed by atoms with van der Waals surface area (Å²) in [7, 11) is 0. The Bertz CT molecular complexity index is 1260. The van der Waals surface area contributed by atoms with Crippen molar-refractivity contribution in [2.24, 2.45) is 0 Å². The first-order chi connectivity index (χ1) is 16.6. The van der Waals surface area contributed by atoms with Gasteiger partial charge in [-0.05, 0) is 30.3 Å². The number of thiazole rings is 1. The number of rotatable bonds is 6. The summed E-state index contributed by atoms with van der Waals surface area (Å²) in [6.07, 6.45) is 3.42. The maximum atomic E-state index is 12.8. The molecule has 10 heteroatoms. The predicted octanol–water partition coefficient (Wildman–Crippen LogP) is 4.08. The molecular weight excluding hydrogens is 470 g/mol. The molecule has 0 unspecified atom stereocenters. The summed E-state index contributed by atoms with van der Waals surface area (Å²) in [5.41, 5.74) is 2.39. The number of benzene rings is 1. The van der Waals surface area contributed by atoms with Gasteiger partial charge in [0.15, 0.2) is 5.82 Å². The van der Waals surface area contributed by atoms with Gasteiger partial charge in [0, 0.05) is 60.7 Å². The molecule has 1 saturated heterocycles. The molecule has 1 fully saturated rings. The van der Waals surface area contributed by atoms with Gasteiger partial charge >= 0.3 is 0 Å². The van der Waals surface area contributed by atoms with Gasteiger partial charge in [-0.15, -0.1) is 11.3 Å². The van der Waals surface area contributed by atoms with Crippen LogP contribution in [0.4, 0.5) is 11.5 Å². The van der Waals surface area contributed by atoms with Crippen molar-refractivity contribution in [1.82, 2.24) is 24.8 Å². The van der Waals surface area contributed by atoms with E-state index >= 15 is 0 Å². The fourth-order valence-electron chi connectivity index (χ4n) is 3.80. The average molecular weight is 492 g/mol. The van der Waals surface area contributed by atoms with E-state index in [-0.39, 0.29) is 5.91 Å². The first kappa shape index (κ1) is 22.4. The van der Waals surface area contributed by atoms with Gasteiger partial charge in [-0.1, -0.05) is 23.7 Å². The van der Waals surface area contributed by atoms with Gasteiger partial charge < -0.3 is 10.2 Å². The van der Waals surface area contributed by atoms with Gasteiger partial charge in [-0.25, -0.2) is 15.0 Å². The number of aromatic nitrogens is 4. The van der Waals surface area contributed by atoms with Crippen molar-refractivity contribution in [3.8, 4) is 22.2 Å². The molecule has 1 amide bonds. The highest BCUT2D eigenvalue weighted by atomic mass is 35.5. The first-order valence-corrected chi connectivity index (χ1v) is 12.1. The van der Waals surface area contributed by atoms with E-state index in [0.717, 1.165) is 41.9 Å². The Balaban J connectivity index is 1.26. The van der Waals surface area contributed by atoms with E-state index in [1.165, 1.54) is 11.3 Å². The molecule has 0 saturated carbocycles. The number of hydrogen-bond donors (Lipinski definition) is 1. The fraction of sp³-hybridized carbons (Fsp3) is 0.208. The summed E-state index contributed by atoms with van der Waals surface area (Å²) >= 11 is 7.60. The SMILES string of the molecule is O=C(CN1CCN(c2cccc(Cl)c2)CC1)Nc1cc(-c2nccs2)nc(-c2ccccn2)n1. The fourth-order valence-corrected chi connectivity index (χ4v) is 4.58. The third-order valence-corrected chi connectivity index (χ3v) is 6.48. The van der Waals surface area contributed by atoms with E-state index < -0.39 is 0 Å². The van der Waals surface area contributed by atoms with Crippen molar-refractivity contribution < 1.29 is 4.79 Å². The molecule has 8 nitrogen and oxygen atoms in total. The number of piperazine rings is 1. The van der Waals surface area contributed by atoms with Crippen LogP contribution in [0.3, 0.4) is 0 Å². The second kappa shape index (κ2) is 10.3. The molecule has 1 N–H and O–H groups in total. The Labute approximate surface area is 206 Å². The van der Waals surface area contributed by atoms with Gasteiger partial charge in [-0.3, -0.25) is 14.7 Å². The minimum atomic E-state index is -0.119. The van der Waals surface area contributed by atoms with Crippen LogP contribution >= 0.6 is 22.9 Å². The van der Waals surface area contributed by atoms with Crippen molar-refractivity contribution in [3.05, 3.63) is 71.3 Å². The van der Waals surface area contributed by atoms with Crippen molar-refractivity contribution in [2.45, 2.75) is 0 Å². The van der Waals surface area contributed by atoms with Gasteiger partial charge in [0.2, 0.25) is 5.91 Å². The summed E-state index contributed by atoms with van der Waals surface area (Å²) in [4.78, 5) is 35.1. The molecule has 0 bridgehead atoms. The highest BCUT2D eigenvalue weighted by molar-refractivity contribution is 7.13. The van der Waals surface area contributed by atoms with Crippen molar-refractivity contribution in [2.75, 3.05) is 42.9 Å². The molecular formula is C24H22ClN7OS. The molecule has 3 aromatic heterocycles. The quantitative estimate of drug-likeness (QED) is 0.435. The van der Waals surface area contributed by atoms with Gasteiger partial charge in [-0.2, -0.15) is 0 Å². The third-order valence-electron chi connectivity index (χ3n) is 5.45. The van der Waals surface area contributed by atoms with Crippen LogP contribution in [0.25, 0.3) is 22.2 Å². The molecule has 0 aliphatic carbocycles. The van der Waals surface area contributed by atoms with E-state index in [9.17, 15) is 4.79 Å². The first-order valence-electron chi connectivity index (χ1n) is 10.9. The molecule has 1 aromatic carbocycles. The number of halogens is 1. The molecule has 0 atom stereocenters. The Morgan fingerprint density at radius 2 is 1.85 bits per heavy atom. The lowest BCUT2D eigenvalue weighted by atomic mass is 10.2. The van der Waals surface area contributed by atoms with Crippen LogP contribution in [-0.2, 0) is 4.79 Å². The lowest BCUT2D eigenvalue weighted by Crippen LogP contribution is -2.48. The van der Waals surface area contributed by atoms with Crippen molar-refractivity contribution in [1.29, 1.82) is 0 Å². The Morgan fingerprint density at radius 1 is 0.971 bits per heavy atom. The number of carbonyl (C=O) groups is 1. The van der Waals surface area contributed by atoms with Crippen LogP contribution in [0.5, 0.6) is 0 Å². The van der Waals surface area contributed by atoms with Gasteiger partial charge in [0.25, 0.3) is 0 Å². The van der Waals surface area contributed by atoms with Crippen molar-refractivity contribution in [3.63, 3.8) is 0 Å². The highest BCUT2D eigenvalue weighted by Crippen LogP contribution is 2.25. The topological polar surface area (TPSA) is 87.1 Å². The molecule has 172 valence electrons. The number of amides is 1. The Morgan fingerprint density at radius 3 is 2.59 bits per heavy atom. The van der Waals surface area contributed by atoms with Gasteiger partial charge in [0.05, 0.1) is 6.54 Å². The number of nitrogens with zero attached hydrogens (tertiary/aromatic N) is 6. The van der Waals surface area contributed by atoms with E-state index in [1.54, 1.807) is 18.5 Å². The van der Waals surface area contributed by atoms with E-state index in [2.05, 4.69) is 41.1 Å². The molecule has 1 aliphatic rings. The van der Waals surface area contributed by atoms with Crippen LogP contribution in [0.15, 0.2) is 66.3 Å². The number of anilines is 2. The second-order valence-electron chi connectivity index (χ2n) is 7.81. The molecule has 5 rings (SSSR count). The normalized spacial score (nSPS) is 14.2. The molecule has 34 heavy (non-hydrogen) atoms. The standard InChI is InChI=1S/C24H22ClN7OS/c25-17-4-3-5-18(14-17)32-11-9-31(10-12-32)16-22(33)29-21-15-20(24-27-8-13-34-24)28-23(30-21)19-6-1-2-7-26-19/h1-8,13-15H,9-12,16H2,(H,28,29,30,33). The lowest BCUT2D eigenvalue weighted by Gasteiger charge is -2.35. The summed E-state index contributed by atoms with van der Waals surface area (Å²) in [6, 6.07) is 15.2. The summed E-state index contributed by atoms with van der Waals surface area (Å²) < 4.78 is 0. The number of hydrogen-bond acceptors (Lipinski definition) is 8. The maximum Gasteiger partial charge on any atom is 0.239 e. The van der Waals surface area contributed by atoms with E-state index in [1.807, 2.05) is 41.8 Å². The van der Waals surface area contributed by atoms with Crippen LogP contribution < -0.4 is 10.2 Å². The smallest absolute Gasteiger partial charge is 0.239 e. The maximum absolute atomic E-state index is 12.8. The number of carbonyl (C=O) groups excluding carboxylic acids is 1. The number of nitrogens with one attached hydrogen (secondary N) is 1. The zero-order valence-electron chi connectivity index (χ0n) is 18.3. The zero-order valence-corrected chi connectivity index (χ0v) is 19.8. The summed E-state index contributed by atoms with van der Waals surface area (Å²) in [5.74, 6) is 0.758. The van der Waals surface area contributed by atoms with E-state index in [0.29, 0.717) is 29.6 Å². The monoisotopic (exact) mass is 491 g/mol. The largest absolute Gasteiger partial charge is 0.369 e. The number of pyridine rings is 1. The van der Waals surface area contributed by atoms with Crippen LogP contribution in [0.1, 0.15) is 0 Å². The minimum Gasteiger partial charge on any atom is -0.369 e. The van der Waals surface area contributed by atoms with E-state index in [4.69, 9.17) is 11.6 Å².